The third-order valence-corrected chi connectivity index (χ3v) is 4.10. The Kier molecular flexibility index (Phi) is 2.92. The molecule has 0 aromatic heterocycles. The topological polar surface area (TPSA) is 37.3 Å². The van der Waals surface area contributed by atoms with Crippen molar-refractivity contribution in [2.75, 3.05) is 0 Å². The van der Waals surface area contributed by atoms with Crippen molar-refractivity contribution in [3.8, 4) is 0 Å². The van der Waals surface area contributed by atoms with Gasteiger partial charge in [0, 0.05) is 11.5 Å². The highest BCUT2D eigenvalue weighted by molar-refractivity contribution is 5.89. The van der Waals surface area contributed by atoms with E-state index in [1.165, 1.54) is 11.1 Å². The molecule has 0 saturated heterocycles. The monoisotopic (exact) mass is 234 g/mol. The Morgan fingerprint density at radius 1 is 1.47 bits per heavy atom. The predicted molar refractivity (Wildman–Crippen MR) is 68.7 cm³/mol. The lowest BCUT2D eigenvalue weighted by molar-refractivity contribution is -0.133. The van der Waals surface area contributed by atoms with Gasteiger partial charge in [0.15, 0.2) is 0 Å². The SMILES string of the molecule is CCC1=CC[C@@H]2CC(=C(C(=O)O)C(C)(C)C)[C@@H]12. The summed E-state index contributed by atoms with van der Waals surface area (Å²) in [4.78, 5) is 11.5. The van der Waals surface area contributed by atoms with Gasteiger partial charge in [-0.15, -0.1) is 0 Å². The molecular weight excluding hydrogens is 212 g/mol. The van der Waals surface area contributed by atoms with Crippen LogP contribution < -0.4 is 0 Å². The second-order valence-corrected chi connectivity index (χ2v) is 6.27. The molecule has 0 aromatic rings. The largest absolute Gasteiger partial charge is 0.478 e. The summed E-state index contributed by atoms with van der Waals surface area (Å²) in [5.41, 5.74) is 3.05. The predicted octanol–water partition coefficient (Wildman–Crippen LogP) is 3.79. The molecule has 0 bridgehead atoms. The van der Waals surface area contributed by atoms with Gasteiger partial charge in [-0.2, -0.15) is 0 Å². The van der Waals surface area contributed by atoms with Gasteiger partial charge in [0.2, 0.25) is 0 Å². The number of rotatable bonds is 2. The number of carbonyl (C=O) groups is 1. The number of fused-ring (bicyclic) bond motifs is 1. The maximum atomic E-state index is 11.5. The molecule has 0 spiro atoms. The summed E-state index contributed by atoms with van der Waals surface area (Å²) in [5.74, 6) is 0.412. The fourth-order valence-electron chi connectivity index (χ4n) is 3.39. The molecule has 17 heavy (non-hydrogen) atoms. The summed E-state index contributed by atoms with van der Waals surface area (Å²) < 4.78 is 0. The Morgan fingerprint density at radius 2 is 2.12 bits per heavy atom. The van der Waals surface area contributed by atoms with E-state index in [2.05, 4.69) is 13.0 Å². The molecule has 2 nitrogen and oxygen atoms in total. The number of hydrogen-bond acceptors (Lipinski definition) is 1. The number of hydrogen-bond donors (Lipinski definition) is 1. The van der Waals surface area contributed by atoms with E-state index in [4.69, 9.17) is 0 Å². The second kappa shape index (κ2) is 4.01. The molecule has 2 rings (SSSR count). The second-order valence-electron chi connectivity index (χ2n) is 6.27. The number of allylic oxidation sites excluding steroid dienone is 3. The minimum Gasteiger partial charge on any atom is -0.478 e. The molecule has 2 heteroatoms. The lowest BCUT2D eigenvalue weighted by atomic mass is 9.63. The minimum absolute atomic E-state index is 0.256. The van der Waals surface area contributed by atoms with Gasteiger partial charge in [0.05, 0.1) is 0 Å². The van der Waals surface area contributed by atoms with Crippen molar-refractivity contribution in [3.63, 3.8) is 0 Å². The zero-order valence-corrected chi connectivity index (χ0v) is 11.2. The van der Waals surface area contributed by atoms with E-state index in [-0.39, 0.29) is 5.41 Å². The summed E-state index contributed by atoms with van der Waals surface area (Å²) in [7, 11) is 0. The molecule has 1 fully saturated rings. The van der Waals surface area contributed by atoms with E-state index < -0.39 is 5.97 Å². The average Bonchev–Trinajstić information content (AvgIpc) is 2.48. The number of aliphatic carboxylic acids is 1. The van der Waals surface area contributed by atoms with Crippen molar-refractivity contribution < 1.29 is 9.90 Å². The van der Waals surface area contributed by atoms with Crippen molar-refractivity contribution in [3.05, 3.63) is 22.8 Å². The lowest BCUT2D eigenvalue weighted by Gasteiger charge is -2.40. The Labute approximate surface area is 103 Å². The van der Waals surface area contributed by atoms with E-state index in [9.17, 15) is 9.90 Å². The van der Waals surface area contributed by atoms with Crippen LogP contribution in [0.1, 0.15) is 47.0 Å². The number of carboxylic acid groups (broad SMARTS) is 1. The Hall–Kier alpha value is -1.05. The summed E-state index contributed by atoms with van der Waals surface area (Å²) in [6, 6.07) is 0. The van der Waals surface area contributed by atoms with Crippen LogP contribution in [-0.2, 0) is 4.79 Å². The van der Waals surface area contributed by atoms with Crippen LogP contribution in [0.5, 0.6) is 0 Å². The van der Waals surface area contributed by atoms with Crippen LogP contribution >= 0.6 is 0 Å². The molecule has 2 atom stereocenters. The van der Waals surface area contributed by atoms with Crippen LogP contribution in [0, 0.1) is 17.3 Å². The first-order chi connectivity index (χ1) is 7.86. The van der Waals surface area contributed by atoms with E-state index in [0.717, 1.165) is 19.3 Å². The summed E-state index contributed by atoms with van der Waals surface area (Å²) in [6.45, 7) is 8.17. The van der Waals surface area contributed by atoms with Crippen LogP contribution in [0.25, 0.3) is 0 Å². The molecule has 94 valence electrons. The Balaban J connectivity index is 2.39. The van der Waals surface area contributed by atoms with Crippen molar-refractivity contribution in [2.45, 2.75) is 47.0 Å². The average molecular weight is 234 g/mol. The van der Waals surface area contributed by atoms with Crippen molar-refractivity contribution in [1.82, 2.24) is 0 Å². The molecule has 0 aromatic carbocycles. The van der Waals surface area contributed by atoms with Gasteiger partial charge in [0.25, 0.3) is 0 Å². The molecular formula is C15H22O2. The maximum Gasteiger partial charge on any atom is 0.332 e. The zero-order chi connectivity index (χ0) is 12.8. The third-order valence-electron chi connectivity index (χ3n) is 4.10. The van der Waals surface area contributed by atoms with E-state index in [1.54, 1.807) is 0 Å². The minimum atomic E-state index is -0.728. The van der Waals surface area contributed by atoms with Gasteiger partial charge >= 0.3 is 5.97 Å². The summed E-state index contributed by atoms with van der Waals surface area (Å²) in [6.07, 6.45) is 5.52. The molecule has 0 amide bonds. The molecule has 1 N–H and O–H groups in total. The normalized spacial score (nSPS) is 30.5. The van der Waals surface area contributed by atoms with Crippen LogP contribution in [-0.4, -0.2) is 11.1 Å². The Bertz CT molecular complexity index is 407. The van der Waals surface area contributed by atoms with Gasteiger partial charge in [-0.05, 0) is 30.6 Å². The van der Waals surface area contributed by atoms with Crippen LogP contribution in [0.2, 0.25) is 0 Å². The highest BCUT2D eigenvalue weighted by Gasteiger charge is 2.45. The van der Waals surface area contributed by atoms with Crippen molar-refractivity contribution >= 4 is 5.97 Å². The van der Waals surface area contributed by atoms with Gasteiger partial charge in [0.1, 0.15) is 0 Å². The van der Waals surface area contributed by atoms with Crippen LogP contribution in [0.15, 0.2) is 22.8 Å². The highest BCUT2D eigenvalue weighted by atomic mass is 16.4. The summed E-state index contributed by atoms with van der Waals surface area (Å²) >= 11 is 0. The molecule has 0 aliphatic heterocycles. The maximum absolute atomic E-state index is 11.5. The summed E-state index contributed by atoms with van der Waals surface area (Å²) in [5, 5.41) is 9.45. The first-order valence-electron chi connectivity index (χ1n) is 6.52. The third kappa shape index (κ3) is 1.94. The molecule has 1 saturated carbocycles. The fraction of sp³-hybridized carbons (Fsp3) is 0.667. The van der Waals surface area contributed by atoms with Crippen LogP contribution in [0.3, 0.4) is 0 Å². The lowest BCUT2D eigenvalue weighted by Crippen LogP contribution is -2.33. The Morgan fingerprint density at radius 3 is 2.59 bits per heavy atom. The van der Waals surface area contributed by atoms with Gasteiger partial charge in [-0.25, -0.2) is 4.79 Å². The van der Waals surface area contributed by atoms with Gasteiger partial charge in [-0.3, -0.25) is 0 Å². The first kappa shape index (κ1) is 12.4. The first-order valence-corrected chi connectivity index (χ1v) is 6.52. The zero-order valence-electron chi connectivity index (χ0n) is 11.2. The van der Waals surface area contributed by atoms with Crippen LogP contribution in [0.4, 0.5) is 0 Å². The van der Waals surface area contributed by atoms with E-state index in [0.29, 0.717) is 17.4 Å². The van der Waals surface area contributed by atoms with E-state index >= 15 is 0 Å². The molecule has 2 aliphatic carbocycles. The van der Waals surface area contributed by atoms with Crippen molar-refractivity contribution in [2.24, 2.45) is 17.3 Å². The quantitative estimate of drug-likeness (QED) is 0.583. The smallest absolute Gasteiger partial charge is 0.332 e. The molecule has 2 aliphatic rings. The number of carboxylic acids is 1. The van der Waals surface area contributed by atoms with Crippen molar-refractivity contribution in [1.29, 1.82) is 0 Å². The standard InChI is InChI=1S/C15H22O2/c1-5-9-6-7-10-8-11(12(9)10)13(14(16)17)15(2,3)4/h6,10,12H,5,7-8H2,1-4H3,(H,16,17)/t10-,12+/m1/s1. The molecule has 0 unspecified atom stereocenters. The van der Waals surface area contributed by atoms with E-state index in [1.807, 2.05) is 20.8 Å². The fourth-order valence-corrected chi connectivity index (χ4v) is 3.39. The molecule has 0 radical (unpaired) electrons. The molecule has 0 heterocycles. The van der Waals surface area contributed by atoms with Gasteiger partial charge < -0.3 is 5.11 Å². The highest BCUT2D eigenvalue weighted by Crippen LogP contribution is 2.54. The van der Waals surface area contributed by atoms with Gasteiger partial charge in [-0.1, -0.05) is 44.9 Å².